The number of aryl methyl sites for hydroxylation is 1. The van der Waals surface area contributed by atoms with E-state index in [9.17, 15) is 20.1 Å². The molecule has 0 aromatic heterocycles. The minimum absolute atomic E-state index is 0.0703. The fraction of sp³-hybridized carbons (Fsp3) is 0.462. The largest absolute Gasteiger partial charge is 0.550 e. The molecule has 0 aliphatic rings. The van der Waals surface area contributed by atoms with Crippen molar-refractivity contribution < 1.29 is 20.1 Å². The number of hydrogen-bond donors (Lipinski definition) is 2. The normalized spacial score (nSPS) is 14.2. The van der Waals surface area contributed by atoms with Crippen LogP contribution in [-0.4, -0.2) is 28.4 Å². The van der Waals surface area contributed by atoms with Gasteiger partial charge >= 0.3 is 0 Å². The third kappa shape index (κ3) is 6.04. The van der Waals surface area contributed by atoms with Gasteiger partial charge in [0, 0.05) is 12.4 Å². The summed E-state index contributed by atoms with van der Waals surface area (Å²) in [6.07, 6.45) is -0.868. The summed E-state index contributed by atoms with van der Waals surface area (Å²) in [5.74, 6) is -1.30. The molecule has 1 aromatic rings. The number of benzene rings is 1. The van der Waals surface area contributed by atoms with Crippen LogP contribution >= 0.6 is 0 Å². The van der Waals surface area contributed by atoms with Crippen LogP contribution in [0.1, 0.15) is 24.8 Å². The Hall–Kier alpha value is -1.39. The van der Waals surface area contributed by atoms with Crippen molar-refractivity contribution in [3.05, 3.63) is 35.9 Å². The molecule has 94 valence electrons. The first-order chi connectivity index (χ1) is 8.08. The minimum atomic E-state index is -1.30. The molecule has 0 radical (unpaired) electrons. The Labute approximate surface area is 101 Å². The SMILES string of the molecule is O=C([O-])CC(O)CC(O)CCc1ccccc1. The predicted molar refractivity (Wildman–Crippen MR) is 61.0 cm³/mol. The van der Waals surface area contributed by atoms with E-state index in [0.717, 1.165) is 5.56 Å². The number of carbonyl (C=O) groups excluding carboxylic acids is 1. The molecule has 0 saturated heterocycles. The molecule has 1 rings (SSSR count). The molecule has 2 N–H and O–H groups in total. The number of carboxylic acid groups (broad SMARTS) is 1. The average Bonchev–Trinajstić information content (AvgIpc) is 2.26. The van der Waals surface area contributed by atoms with Gasteiger partial charge in [0.25, 0.3) is 0 Å². The van der Waals surface area contributed by atoms with Gasteiger partial charge in [-0.1, -0.05) is 30.3 Å². The summed E-state index contributed by atoms with van der Waals surface area (Å²) in [6, 6.07) is 9.69. The van der Waals surface area contributed by atoms with Gasteiger partial charge in [-0.05, 0) is 24.8 Å². The summed E-state index contributed by atoms with van der Waals surface area (Å²) in [7, 11) is 0. The average molecular weight is 237 g/mol. The number of rotatable bonds is 7. The first-order valence-electron chi connectivity index (χ1n) is 5.68. The van der Waals surface area contributed by atoms with Crippen molar-refractivity contribution >= 4 is 5.97 Å². The molecule has 0 fully saturated rings. The van der Waals surface area contributed by atoms with Gasteiger partial charge in [0.2, 0.25) is 0 Å². The van der Waals surface area contributed by atoms with E-state index < -0.39 is 24.6 Å². The molecule has 0 heterocycles. The highest BCUT2D eigenvalue weighted by Gasteiger charge is 2.12. The van der Waals surface area contributed by atoms with E-state index >= 15 is 0 Å². The summed E-state index contributed by atoms with van der Waals surface area (Å²) in [5, 5.41) is 29.1. The molecule has 0 amide bonds. The molecule has 17 heavy (non-hydrogen) atoms. The molecule has 1 aromatic carbocycles. The van der Waals surface area contributed by atoms with Crippen molar-refractivity contribution in [2.24, 2.45) is 0 Å². The fourth-order valence-corrected chi connectivity index (χ4v) is 1.69. The van der Waals surface area contributed by atoms with E-state index in [1.807, 2.05) is 30.3 Å². The van der Waals surface area contributed by atoms with Gasteiger partial charge < -0.3 is 20.1 Å². The van der Waals surface area contributed by atoms with Crippen LogP contribution in [0.5, 0.6) is 0 Å². The Morgan fingerprint density at radius 3 is 2.41 bits per heavy atom. The van der Waals surface area contributed by atoms with Crippen LogP contribution in [0.25, 0.3) is 0 Å². The lowest BCUT2D eigenvalue weighted by atomic mass is 10.0. The van der Waals surface area contributed by atoms with Gasteiger partial charge in [0.05, 0.1) is 12.2 Å². The topological polar surface area (TPSA) is 80.6 Å². The molecular weight excluding hydrogens is 220 g/mol. The van der Waals surface area contributed by atoms with Crippen molar-refractivity contribution in [1.82, 2.24) is 0 Å². The molecule has 0 aliphatic carbocycles. The van der Waals surface area contributed by atoms with Crippen LogP contribution in [0.15, 0.2) is 30.3 Å². The number of carboxylic acids is 1. The van der Waals surface area contributed by atoms with E-state index in [2.05, 4.69) is 0 Å². The number of carbonyl (C=O) groups is 1. The van der Waals surface area contributed by atoms with Gasteiger partial charge in [0.1, 0.15) is 0 Å². The highest BCUT2D eigenvalue weighted by Crippen LogP contribution is 2.10. The number of aliphatic hydroxyl groups excluding tert-OH is 2. The van der Waals surface area contributed by atoms with Crippen LogP contribution in [0.2, 0.25) is 0 Å². The number of aliphatic hydroxyl groups is 2. The van der Waals surface area contributed by atoms with E-state index in [4.69, 9.17) is 0 Å². The van der Waals surface area contributed by atoms with Crippen LogP contribution < -0.4 is 5.11 Å². The lowest BCUT2D eigenvalue weighted by Crippen LogP contribution is -2.29. The van der Waals surface area contributed by atoms with Crippen molar-refractivity contribution in [2.75, 3.05) is 0 Å². The highest BCUT2D eigenvalue weighted by molar-refractivity contribution is 5.64. The second-order valence-corrected chi connectivity index (χ2v) is 4.14. The Morgan fingerprint density at radius 2 is 1.82 bits per heavy atom. The van der Waals surface area contributed by atoms with Crippen molar-refractivity contribution in [3.8, 4) is 0 Å². The molecule has 4 nitrogen and oxygen atoms in total. The summed E-state index contributed by atoms with van der Waals surface area (Å²) in [6.45, 7) is 0. The molecular formula is C13H17O4-. The lowest BCUT2D eigenvalue weighted by Gasteiger charge is -2.15. The van der Waals surface area contributed by atoms with Crippen LogP contribution in [0.3, 0.4) is 0 Å². The second kappa shape index (κ2) is 7.04. The monoisotopic (exact) mass is 237 g/mol. The Balaban J connectivity index is 2.25. The first kappa shape index (κ1) is 13.7. The van der Waals surface area contributed by atoms with Crippen molar-refractivity contribution in [2.45, 2.75) is 37.9 Å². The molecule has 4 heteroatoms. The summed E-state index contributed by atoms with van der Waals surface area (Å²) in [5.41, 5.74) is 1.11. The van der Waals surface area contributed by atoms with E-state index in [1.165, 1.54) is 0 Å². The molecule has 0 aliphatic heterocycles. The molecule has 0 spiro atoms. The summed E-state index contributed by atoms with van der Waals surface area (Å²) < 4.78 is 0. The Kier molecular flexibility index (Phi) is 5.66. The Morgan fingerprint density at radius 1 is 1.18 bits per heavy atom. The van der Waals surface area contributed by atoms with Crippen LogP contribution in [0.4, 0.5) is 0 Å². The minimum Gasteiger partial charge on any atom is -0.550 e. The maximum atomic E-state index is 10.2. The maximum Gasteiger partial charge on any atom is 0.0616 e. The van der Waals surface area contributed by atoms with Gasteiger partial charge in [-0.15, -0.1) is 0 Å². The Bertz CT molecular complexity index is 337. The predicted octanol–water partition coefficient (Wildman–Crippen LogP) is -0.129. The lowest BCUT2D eigenvalue weighted by molar-refractivity contribution is -0.307. The fourth-order valence-electron chi connectivity index (χ4n) is 1.69. The van der Waals surface area contributed by atoms with Gasteiger partial charge in [-0.2, -0.15) is 0 Å². The molecule has 0 bridgehead atoms. The van der Waals surface area contributed by atoms with Gasteiger partial charge in [0.15, 0.2) is 0 Å². The van der Waals surface area contributed by atoms with Gasteiger partial charge in [-0.25, -0.2) is 0 Å². The standard InChI is InChI=1S/C13H18O4/c14-11(8-12(15)9-13(16)17)7-6-10-4-2-1-3-5-10/h1-5,11-12,14-15H,6-9H2,(H,16,17)/p-1. The zero-order valence-electron chi connectivity index (χ0n) is 9.58. The quantitative estimate of drug-likeness (QED) is 0.692. The van der Waals surface area contributed by atoms with Crippen molar-refractivity contribution in [3.63, 3.8) is 0 Å². The van der Waals surface area contributed by atoms with Crippen LogP contribution in [0, 0.1) is 0 Å². The van der Waals surface area contributed by atoms with E-state index in [0.29, 0.717) is 12.8 Å². The third-order valence-corrected chi connectivity index (χ3v) is 2.56. The zero-order chi connectivity index (χ0) is 12.7. The first-order valence-corrected chi connectivity index (χ1v) is 5.68. The highest BCUT2D eigenvalue weighted by atomic mass is 16.4. The molecule has 2 atom stereocenters. The number of hydrogen-bond acceptors (Lipinski definition) is 4. The zero-order valence-corrected chi connectivity index (χ0v) is 9.58. The third-order valence-electron chi connectivity index (χ3n) is 2.56. The molecule has 0 saturated carbocycles. The van der Waals surface area contributed by atoms with Crippen LogP contribution in [-0.2, 0) is 11.2 Å². The van der Waals surface area contributed by atoms with E-state index in [-0.39, 0.29) is 6.42 Å². The molecule has 2 unspecified atom stereocenters. The summed E-state index contributed by atoms with van der Waals surface area (Å²) in [4.78, 5) is 10.2. The van der Waals surface area contributed by atoms with E-state index in [1.54, 1.807) is 0 Å². The van der Waals surface area contributed by atoms with Gasteiger partial charge in [-0.3, -0.25) is 0 Å². The maximum absolute atomic E-state index is 10.2. The van der Waals surface area contributed by atoms with Crippen molar-refractivity contribution in [1.29, 1.82) is 0 Å². The summed E-state index contributed by atoms with van der Waals surface area (Å²) >= 11 is 0. The smallest absolute Gasteiger partial charge is 0.0616 e. The number of aliphatic carboxylic acids is 1. The second-order valence-electron chi connectivity index (χ2n) is 4.14.